The molecule has 2 aromatic heterocycles. The minimum atomic E-state index is -0.433. The lowest BCUT2D eigenvalue weighted by Crippen LogP contribution is -2.15. The van der Waals surface area contributed by atoms with Crippen molar-refractivity contribution < 1.29 is 18.7 Å². The van der Waals surface area contributed by atoms with Crippen LogP contribution in [0.4, 0.5) is 0 Å². The lowest BCUT2D eigenvalue weighted by Gasteiger charge is -2.01. The van der Waals surface area contributed by atoms with E-state index in [-0.39, 0.29) is 5.76 Å². The van der Waals surface area contributed by atoms with Crippen LogP contribution in [0.25, 0.3) is 10.2 Å². The fraction of sp³-hybridized carbons (Fsp3) is 0.188. The standard InChI is InChI=1S/C16H14N2O4S/c1-3-18-11-7-6-10(15(20)21-2)9-13(11)23-16(18)17-14(19)12-5-4-8-22-12/h4-9H,3H2,1-2H3. The number of aromatic nitrogens is 1. The van der Waals surface area contributed by atoms with Gasteiger partial charge in [-0.3, -0.25) is 4.79 Å². The highest BCUT2D eigenvalue weighted by atomic mass is 32.1. The molecule has 0 aliphatic rings. The fourth-order valence-corrected chi connectivity index (χ4v) is 3.38. The third-order valence-electron chi connectivity index (χ3n) is 3.35. The Labute approximate surface area is 135 Å². The molecule has 7 heteroatoms. The van der Waals surface area contributed by atoms with E-state index >= 15 is 0 Å². The van der Waals surface area contributed by atoms with Crippen molar-refractivity contribution in [3.63, 3.8) is 0 Å². The summed E-state index contributed by atoms with van der Waals surface area (Å²) < 4.78 is 12.6. The van der Waals surface area contributed by atoms with E-state index in [1.807, 2.05) is 17.6 Å². The minimum absolute atomic E-state index is 0.195. The molecule has 6 nitrogen and oxygen atoms in total. The van der Waals surface area contributed by atoms with Crippen molar-refractivity contribution >= 4 is 33.4 Å². The van der Waals surface area contributed by atoms with Crippen molar-refractivity contribution in [1.29, 1.82) is 0 Å². The van der Waals surface area contributed by atoms with Gasteiger partial charge in [-0.1, -0.05) is 11.3 Å². The number of ether oxygens (including phenoxy) is 1. The SMILES string of the molecule is CCn1c(=NC(=O)c2ccco2)sc2cc(C(=O)OC)ccc21. The molecule has 118 valence electrons. The summed E-state index contributed by atoms with van der Waals surface area (Å²) in [6.45, 7) is 2.62. The van der Waals surface area contributed by atoms with Gasteiger partial charge in [-0.05, 0) is 37.3 Å². The maximum atomic E-state index is 12.1. The van der Waals surface area contributed by atoms with Gasteiger partial charge in [0.05, 0.1) is 29.2 Å². The number of carbonyl (C=O) groups excluding carboxylic acids is 2. The minimum Gasteiger partial charge on any atom is -0.465 e. The van der Waals surface area contributed by atoms with Gasteiger partial charge in [0.25, 0.3) is 0 Å². The quantitative estimate of drug-likeness (QED) is 0.692. The number of hydrogen-bond donors (Lipinski definition) is 0. The topological polar surface area (TPSA) is 73.8 Å². The van der Waals surface area contributed by atoms with Crippen LogP contribution in [-0.2, 0) is 11.3 Å². The van der Waals surface area contributed by atoms with Crippen molar-refractivity contribution in [3.05, 3.63) is 52.7 Å². The number of esters is 1. The van der Waals surface area contributed by atoms with Crippen LogP contribution in [-0.4, -0.2) is 23.6 Å². The Bertz CT molecular complexity index is 935. The first kappa shape index (κ1) is 15.2. The fourth-order valence-electron chi connectivity index (χ4n) is 2.25. The number of fused-ring (bicyclic) bond motifs is 1. The monoisotopic (exact) mass is 330 g/mol. The summed E-state index contributed by atoms with van der Waals surface area (Å²) in [6, 6.07) is 8.49. The number of methoxy groups -OCH3 is 1. The summed E-state index contributed by atoms with van der Waals surface area (Å²) in [7, 11) is 1.34. The van der Waals surface area contributed by atoms with Crippen molar-refractivity contribution in [1.82, 2.24) is 4.57 Å². The van der Waals surface area contributed by atoms with Gasteiger partial charge in [0.2, 0.25) is 0 Å². The van der Waals surface area contributed by atoms with Gasteiger partial charge in [0.15, 0.2) is 10.6 Å². The molecular weight excluding hydrogens is 316 g/mol. The van der Waals surface area contributed by atoms with E-state index in [9.17, 15) is 9.59 Å². The second-order valence-electron chi connectivity index (χ2n) is 4.70. The highest BCUT2D eigenvalue weighted by Gasteiger charge is 2.12. The average Bonchev–Trinajstić information content (AvgIpc) is 3.20. The van der Waals surface area contributed by atoms with Crippen LogP contribution in [0.15, 0.2) is 46.0 Å². The zero-order valence-electron chi connectivity index (χ0n) is 12.6. The summed E-state index contributed by atoms with van der Waals surface area (Å²) in [5.74, 6) is -0.634. The number of amides is 1. The number of carbonyl (C=O) groups is 2. The molecule has 0 N–H and O–H groups in total. The Hall–Kier alpha value is -2.67. The van der Waals surface area contributed by atoms with Crippen molar-refractivity contribution in [2.75, 3.05) is 7.11 Å². The molecular formula is C16H14N2O4S. The molecule has 23 heavy (non-hydrogen) atoms. The smallest absolute Gasteiger partial charge is 0.337 e. The summed E-state index contributed by atoms with van der Waals surface area (Å²) in [6.07, 6.45) is 1.43. The molecule has 1 amide bonds. The molecule has 0 atom stereocenters. The normalized spacial score (nSPS) is 11.8. The van der Waals surface area contributed by atoms with Gasteiger partial charge in [-0.2, -0.15) is 4.99 Å². The van der Waals surface area contributed by atoms with E-state index in [0.29, 0.717) is 16.9 Å². The van der Waals surface area contributed by atoms with Gasteiger partial charge in [-0.15, -0.1) is 0 Å². The number of thiazole rings is 1. The van der Waals surface area contributed by atoms with Crippen LogP contribution in [0.5, 0.6) is 0 Å². The van der Waals surface area contributed by atoms with Gasteiger partial charge in [0.1, 0.15) is 0 Å². The van der Waals surface area contributed by atoms with Crippen molar-refractivity contribution in [2.45, 2.75) is 13.5 Å². The first-order chi connectivity index (χ1) is 11.1. The number of rotatable bonds is 3. The third-order valence-corrected chi connectivity index (χ3v) is 4.39. The van der Waals surface area contributed by atoms with Crippen molar-refractivity contribution in [2.24, 2.45) is 4.99 Å². The molecule has 0 aliphatic carbocycles. The van der Waals surface area contributed by atoms with Gasteiger partial charge in [-0.25, -0.2) is 4.79 Å². The molecule has 3 aromatic rings. The summed E-state index contributed by atoms with van der Waals surface area (Å²) in [5.41, 5.74) is 1.38. The largest absolute Gasteiger partial charge is 0.465 e. The van der Waals surface area contributed by atoms with E-state index in [1.165, 1.54) is 24.7 Å². The molecule has 0 spiro atoms. The average molecular weight is 330 g/mol. The molecule has 0 unspecified atom stereocenters. The second-order valence-corrected chi connectivity index (χ2v) is 5.71. The van der Waals surface area contributed by atoms with Gasteiger partial charge in [0, 0.05) is 6.54 Å². The highest BCUT2D eigenvalue weighted by molar-refractivity contribution is 7.16. The molecule has 0 radical (unpaired) electrons. The lowest BCUT2D eigenvalue weighted by atomic mass is 10.2. The van der Waals surface area contributed by atoms with E-state index in [1.54, 1.807) is 24.3 Å². The molecule has 0 saturated heterocycles. The van der Waals surface area contributed by atoms with Gasteiger partial charge < -0.3 is 13.7 Å². The predicted octanol–water partition coefficient (Wildman–Crippen LogP) is 2.84. The second kappa shape index (κ2) is 6.21. The van der Waals surface area contributed by atoms with Crippen LogP contribution in [0, 0.1) is 0 Å². The van der Waals surface area contributed by atoms with E-state index in [4.69, 9.17) is 9.15 Å². The summed E-state index contributed by atoms with van der Waals surface area (Å²) in [4.78, 5) is 28.4. The Morgan fingerprint density at radius 3 is 2.83 bits per heavy atom. The van der Waals surface area contributed by atoms with E-state index in [2.05, 4.69) is 4.99 Å². The molecule has 0 saturated carbocycles. The maximum absolute atomic E-state index is 12.1. The summed E-state index contributed by atoms with van der Waals surface area (Å²) >= 11 is 1.34. The molecule has 0 fully saturated rings. The van der Waals surface area contributed by atoms with Gasteiger partial charge >= 0.3 is 11.9 Å². The molecule has 1 aromatic carbocycles. The Kier molecular flexibility index (Phi) is 4.12. The van der Waals surface area contributed by atoms with Crippen molar-refractivity contribution in [3.8, 4) is 0 Å². The van der Waals surface area contributed by atoms with E-state index in [0.717, 1.165) is 10.2 Å². The maximum Gasteiger partial charge on any atom is 0.337 e. The van der Waals surface area contributed by atoms with Crippen LogP contribution >= 0.6 is 11.3 Å². The number of benzene rings is 1. The highest BCUT2D eigenvalue weighted by Crippen LogP contribution is 2.20. The first-order valence-corrected chi connectivity index (χ1v) is 7.80. The summed E-state index contributed by atoms with van der Waals surface area (Å²) in [5, 5.41) is 0. The number of furan rings is 1. The lowest BCUT2D eigenvalue weighted by molar-refractivity contribution is 0.0601. The zero-order valence-corrected chi connectivity index (χ0v) is 13.4. The number of aryl methyl sites for hydroxylation is 1. The van der Waals surface area contributed by atoms with E-state index < -0.39 is 11.9 Å². The zero-order chi connectivity index (χ0) is 16.4. The molecule has 0 aliphatic heterocycles. The predicted molar refractivity (Wildman–Crippen MR) is 85.4 cm³/mol. The number of hydrogen-bond acceptors (Lipinski definition) is 5. The Balaban J connectivity index is 2.13. The van der Waals surface area contributed by atoms with Crippen LogP contribution in [0.1, 0.15) is 27.8 Å². The molecule has 2 heterocycles. The Morgan fingerprint density at radius 1 is 1.35 bits per heavy atom. The third kappa shape index (κ3) is 2.83. The molecule has 0 bridgehead atoms. The van der Waals surface area contributed by atoms with Crippen LogP contribution in [0.2, 0.25) is 0 Å². The first-order valence-electron chi connectivity index (χ1n) is 6.98. The number of nitrogens with zero attached hydrogens (tertiary/aromatic N) is 2. The van der Waals surface area contributed by atoms with Crippen LogP contribution < -0.4 is 4.80 Å². The molecule has 3 rings (SSSR count). The van der Waals surface area contributed by atoms with Crippen LogP contribution in [0.3, 0.4) is 0 Å². The Morgan fingerprint density at radius 2 is 2.17 bits per heavy atom.